The van der Waals surface area contributed by atoms with E-state index in [2.05, 4.69) is 5.10 Å². The molecule has 1 aromatic rings. The van der Waals surface area contributed by atoms with Gasteiger partial charge in [0.2, 0.25) is 0 Å². The van der Waals surface area contributed by atoms with Gasteiger partial charge in [0.15, 0.2) is 0 Å². The average molecular weight is 342 g/mol. The van der Waals surface area contributed by atoms with Crippen molar-refractivity contribution in [1.29, 1.82) is 0 Å². The molecular weight excluding hydrogens is 318 g/mol. The lowest BCUT2D eigenvalue weighted by molar-refractivity contribution is -0.121. The summed E-state index contributed by atoms with van der Waals surface area (Å²) in [5, 5.41) is 4.72. The van der Waals surface area contributed by atoms with Gasteiger partial charge >= 0.3 is 6.09 Å². The smallest absolute Gasteiger partial charge is 0.410 e. The Morgan fingerprint density at radius 2 is 2.04 bits per heavy atom. The van der Waals surface area contributed by atoms with Crippen molar-refractivity contribution in [2.75, 3.05) is 13.1 Å². The molecule has 1 aliphatic heterocycles. The molecule has 0 saturated carbocycles. The Balaban J connectivity index is 1.96. The number of aryl methyl sites for hydroxylation is 2. The Morgan fingerprint density at radius 1 is 1.39 bits per heavy atom. The van der Waals surface area contributed by atoms with Crippen molar-refractivity contribution in [2.24, 2.45) is 13.0 Å². The monoisotopic (exact) mass is 341 g/mol. The maximum Gasteiger partial charge on any atom is 0.410 e. The molecule has 6 nitrogen and oxygen atoms in total. The molecule has 0 spiro atoms. The van der Waals surface area contributed by atoms with Gasteiger partial charge < -0.3 is 9.64 Å². The Kier molecular flexibility index (Phi) is 5.04. The minimum atomic E-state index is -0.528. The van der Waals surface area contributed by atoms with Crippen LogP contribution in [0, 0.1) is 12.8 Å². The van der Waals surface area contributed by atoms with Crippen molar-refractivity contribution >= 4 is 23.5 Å². The van der Waals surface area contributed by atoms with E-state index in [0.29, 0.717) is 24.7 Å². The summed E-state index contributed by atoms with van der Waals surface area (Å²) in [4.78, 5) is 26.2. The molecule has 2 heterocycles. The topological polar surface area (TPSA) is 64.4 Å². The van der Waals surface area contributed by atoms with Gasteiger partial charge in [-0.05, 0) is 34.1 Å². The van der Waals surface area contributed by atoms with Gasteiger partial charge in [0, 0.05) is 38.0 Å². The molecule has 0 aromatic carbocycles. The molecule has 1 saturated heterocycles. The average Bonchev–Trinajstić information content (AvgIpc) is 2.98. The second kappa shape index (κ2) is 6.51. The zero-order chi connectivity index (χ0) is 17.4. The zero-order valence-corrected chi connectivity index (χ0v) is 15.1. The first-order valence-corrected chi connectivity index (χ1v) is 8.15. The highest BCUT2D eigenvalue weighted by Gasteiger charge is 2.33. The van der Waals surface area contributed by atoms with Crippen LogP contribution in [-0.4, -0.2) is 45.2 Å². The molecule has 1 aliphatic rings. The highest BCUT2D eigenvalue weighted by molar-refractivity contribution is 6.30. The number of carbonyl (C=O) groups is 2. The second-order valence-corrected chi connectivity index (χ2v) is 7.39. The summed E-state index contributed by atoms with van der Waals surface area (Å²) < 4.78 is 6.92. The summed E-state index contributed by atoms with van der Waals surface area (Å²) in [6, 6.07) is 0. The van der Waals surface area contributed by atoms with E-state index in [-0.39, 0.29) is 24.2 Å². The molecule has 1 fully saturated rings. The van der Waals surface area contributed by atoms with E-state index in [4.69, 9.17) is 16.3 Å². The van der Waals surface area contributed by atoms with Gasteiger partial charge in [0.25, 0.3) is 0 Å². The van der Waals surface area contributed by atoms with E-state index < -0.39 is 5.60 Å². The molecule has 128 valence electrons. The second-order valence-electron chi connectivity index (χ2n) is 7.03. The molecular formula is C16H24ClN3O3. The molecule has 0 aliphatic carbocycles. The number of ether oxygens (including phenoxy) is 1. The molecule has 23 heavy (non-hydrogen) atoms. The highest BCUT2D eigenvalue weighted by atomic mass is 35.5. The quantitative estimate of drug-likeness (QED) is 0.848. The third-order valence-electron chi connectivity index (χ3n) is 3.92. The lowest BCUT2D eigenvalue weighted by atomic mass is 9.97. The lowest BCUT2D eigenvalue weighted by Crippen LogP contribution is -2.36. The zero-order valence-electron chi connectivity index (χ0n) is 14.4. The Labute approximate surface area is 141 Å². The molecule has 7 heteroatoms. The van der Waals surface area contributed by atoms with Crippen molar-refractivity contribution in [1.82, 2.24) is 14.7 Å². The van der Waals surface area contributed by atoms with Gasteiger partial charge in [-0.3, -0.25) is 9.48 Å². The summed E-state index contributed by atoms with van der Waals surface area (Å²) in [5.74, 6) is -0.0766. The van der Waals surface area contributed by atoms with Gasteiger partial charge in [0.1, 0.15) is 16.5 Å². The minimum absolute atomic E-state index is 0.0917. The van der Waals surface area contributed by atoms with Crippen molar-refractivity contribution in [3.8, 4) is 0 Å². The van der Waals surface area contributed by atoms with Crippen molar-refractivity contribution < 1.29 is 14.3 Å². The van der Waals surface area contributed by atoms with Gasteiger partial charge in [0.05, 0.1) is 5.69 Å². The van der Waals surface area contributed by atoms with Gasteiger partial charge in [-0.2, -0.15) is 5.10 Å². The van der Waals surface area contributed by atoms with Crippen LogP contribution in [0.1, 0.15) is 38.4 Å². The fourth-order valence-electron chi connectivity index (χ4n) is 2.71. The Hall–Kier alpha value is -1.56. The minimum Gasteiger partial charge on any atom is -0.444 e. The molecule has 0 radical (unpaired) electrons. The van der Waals surface area contributed by atoms with Crippen LogP contribution in [0.2, 0.25) is 5.15 Å². The molecule has 1 unspecified atom stereocenters. The van der Waals surface area contributed by atoms with Crippen molar-refractivity contribution in [2.45, 2.75) is 46.1 Å². The van der Waals surface area contributed by atoms with Crippen molar-refractivity contribution in [3.63, 3.8) is 0 Å². The third-order valence-corrected chi connectivity index (χ3v) is 4.39. The highest BCUT2D eigenvalue weighted by Crippen LogP contribution is 2.25. The number of hydrogen-bond acceptors (Lipinski definition) is 4. The maximum atomic E-state index is 12.5. The molecule has 2 rings (SSSR count). The fourth-order valence-corrected chi connectivity index (χ4v) is 2.95. The number of ketones is 1. The largest absolute Gasteiger partial charge is 0.444 e. The molecule has 0 bridgehead atoms. The number of carbonyl (C=O) groups excluding carboxylic acids is 2. The Morgan fingerprint density at radius 3 is 2.57 bits per heavy atom. The third kappa shape index (κ3) is 4.25. The first-order chi connectivity index (χ1) is 10.6. The van der Waals surface area contributed by atoms with Crippen LogP contribution in [0.4, 0.5) is 4.79 Å². The molecule has 1 aromatic heterocycles. The number of rotatable bonds is 3. The number of amides is 1. The number of nitrogens with zero attached hydrogens (tertiary/aromatic N) is 3. The first kappa shape index (κ1) is 17.8. The van der Waals surface area contributed by atoms with Crippen LogP contribution in [0.15, 0.2) is 0 Å². The maximum absolute atomic E-state index is 12.5. The molecule has 1 atom stereocenters. The van der Waals surface area contributed by atoms with Crippen molar-refractivity contribution in [3.05, 3.63) is 16.4 Å². The van der Waals surface area contributed by atoms with E-state index in [0.717, 1.165) is 11.3 Å². The predicted octanol–water partition coefficient (Wildman–Crippen LogP) is 2.75. The number of halogens is 1. The van der Waals surface area contributed by atoms with Crippen LogP contribution in [-0.2, 0) is 23.0 Å². The summed E-state index contributed by atoms with van der Waals surface area (Å²) >= 11 is 6.18. The van der Waals surface area contributed by atoms with Crippen LogP contribution in [0.5, 0.6) is 0 Å². The SMILES string of the molecule is Cc1nn(C)c(Cl)c1CC(=O)C1CCN(C(=O)OC(C)(C)C)C1. The van der Waals surface area contributed by atoms with Gasteiger partial charge in [-0.25, -0.2) is 4.79 Å². The standard InChI is InChI=1S/C16H24ClN3O3/c1-10-12(14(17)19(5)18-10)8-13(21)11-6-7-20(9-11)15(22)23-16(2,3)4/h11H,6-9H2,1-5H3. The van der Waals surface area contributed by atoms with Crippen LogP contribution in [0.3, 0.4) is 0 Å². The lowest BCUT2D eigenvalue weighted by Gasteiger charge is -2.24. The van der Waals surface area contributed by atoms with E-state index in [1.165, 1.54) is 0 Å². The van der Waals surface area contributed by atoms with Gasteiger partial charge in [-0.15, -0.1) is 0 Å². The molecule has 0 N–H and O–H groups in total. The predicted molar refractivity (Wildman–Crippen MR) is 87.6 cm³/mol. The summed E-state index contributed by atoms with van der Waals surface area (Å²) in [7, 11) is 1.75. The van der Waals surface area contributed by atoms with E-state index in [1.54, 1.807) is 16.6 Å². The number of likely N-dealkylation sites (tertiary alicyclic amines) is 1. The summed E-state index contributed by atoms with van der Waals surface area (Å²) in [5.41, 5.74) is 1.02. The summed E-state index contributed by atoms with van der Waals surface area (Å²) in [6.45, 7) is 8.29. The van der Waals surface area contributed by atoms with Crippen LogP contribution < -0.4 is 0 Å². The van der Waals surface area contributed by atoms with Gasteiger partial charge in [-0.1, -0.05) is 11.6 Å². The number of Topliss-reactive ketones (excluding diaryl/α,β-unsaturated/α-hetero) is 1. The molecule has 1 amide bonds. The number of hydrogen-bond donors (Lipinski definition) is 0. The van der Waals surface area contributed by atoms with Crippen LogP contribution in [0.25, 0.3) is 0 Å². The fraction of sp³-hybridized carbons (Fsp3) is 0.688. The van der Waals surface area contributed by atoms with E-state index in [9.17, 15) is 9.59 Å². The van der Waals surface area contributed by atoms with Crippen LogP contribution >= 0.6 is 11.6 Å². The Bertz CT molecular complexity index is 619. The van der Waals surface area contributed by atoms with E-state index >= 15 is 0 Å². The summed E-state index contributed by atoms with van der Waals surface area (Å²) in [6.07, 6.45) is 0.559. The van der Waals surface area contributed by atoms with E-state index in [1.807, 2.05) is 27.7 Å². The first-order valence-electron chi connectivity index (χ1n) is 7.77. The number of aromatic nitrogens is 2. The normalized spacial score (nSPS) is 18.3.